The first kappa shape index (κ1) is 29.3. The molecule has 0 spiro atoms. The van der Waals surface area contributed by atoms with Crippen LogP contribution < -0.4 is 4.74 Å². The normalized spacial score (nSPS) is 14.5. The van der Waals surface area contributed by atoms with Crippen LogP contribution in [0.3, 0.4) is 0 Å². The van der Waals surface area contributed by atoms with Gasteiger partial charge in [0.1, 0.15) is 18.5 Å². The highest BCUT2D eigenvalue weighted by Crippen LogP contribution is 2.37. The molecule has 1 N–H and O–H groups in total. The van der Waals surface area contributed by atoms with Gasteiger partial charge in [-0.25, -0.2) is 4.79 Å². The van der Waals surface area contributed by atoms with Crippen LogP contribution in [-0.4, -0.2) is 37.0 Å². The second-order valence-electron chi connectivity index (χ2n) is 10.5. The highest BCUT2D eigenvalue weighted by Gasteiger charge is 2.23. The summed E-state index contributed by atoms with van der Waals surface area (Å²) in [5.41, 5.74) is 9.38. The summed E-state index contributed by atoms with van der Waals surface area (Å²) >= 11 is 0. The number of aliphatic carboxylic acids is 1. The molecular formula is C37H38O5. The summed E-state index contributed by atoms with van der Waals surface area (Å²) in [5.74, 6) is -0.240. The average Bonchev–Trinajstić information content (AvgIpc) is 3.16. The minimum Gasteiger partial charge on any atom is -0.491 e. The van der Waals surface area contributed by atoms with Gasteiger partial charge in [0.05, 0.1) is 6.61 Å². The van der Waals surface area contributed by atoms with Gasteiger partial charge < -0.3 is 19.3 Å². The van der Waals surface area contributed by atoms with Gasteiger partial charge in [-0.2, -0.15) is 0 Å². The molecule has 0 saturated carbocycles. The van der Waals surface area contributed by atoms with Crippen LogP contribution >= 0.6 is 0 Å². The maximum Gasteiger partial charge on any atom is 0.333 e. The number of carboxylic acid groups (broad SMARTS) is 1. The Bertz CT molecular complexity index is 1510. The second-order valence-corrected chi connectivity index (χ2v) is 10.5. The topological polar surface area (TPSA) is 65.0 Å². The summed E-state index contributed by atoms with van der Waals surface area (Å²) < 4.78 is 17.9. The average molecular weight is 563 g/mol. The molecule has 5 heteroatoms. The predicted octanol–water partition coefficient (Wildman–Crippen LogP) is 7.54. The number of ether oxygens (including phenoxy) is 3. The number of carboxylic acids is 1. The van der Waals surface area contributed by atoms with Crippen molar-refractivity contribution in [2.24, 2.45) is 0 Å². The Morgan fingerprint density at radius 1 is 0.762 bits per heavy atom. The monoisotopic (exact) mass is 562 g/mol. The molecule has 0 bridgehead atoms. The third-order valence-corrected chi connectivity index (χ3v) is 7.59. The van der Waals surface area contributed by atoms with E-state index in [-0.39, 0.29) is 6.10 Å². The lowest BCUT2D eigenvalue weighted by Crippen LogP contribution is -2.26. The molecule has 216 valence electrons. The van der Waals surface area contributed by atoms with Crippen LogP contribution in [0.1, 0.15) is 64.5 Å². The molecule has 2 atom stereocenters. The zero-order valence-electron chi connectivity index (χ0n) is 24.3. The van der Waals surface area contributed by atoms with Gasteiger partial charge in [0.25, 0.3) is 0 Å². The molecule has 0 heterocycles. The summed E-state index contributed by atoms with van der Waals surface area (Å²) in [6.07, 6.45) is 5.49. The fraction of sp³-hybridized carbons (Fsp3) is 0.270. The molecule has 0 radical (unpaired) electrons. The van der Waals surface area contributed by atoms with Crippen molar-refractivity contribution in [2.45, 2.75) is 45.3 Å². The van der Waals surface area contributed by atoms with E-state index in [0.29, 0.717) is 32.0 Å². The lowest BCUT2D eigenvalue weighted by atomic mass is 9.92. The lowest BCUT2D eigenvalue weighted by molar-refractivity contribution is -0.149. The minimum absolute atomic E-state index is 0.218. The lowest BCUT2D eigenvalue weighted by Gasteiger charge is -2.22. The molecule has 0 saturated heterocycles. The van der Waals surface area contributed by atoms with E-state index in [1.165, 1.54) is 22.3 Å². The zero-order chi connectivity index (χ0) is 29.3. The van der Waals surface area contributed by atoms with Gasteiger partial charge in [-0.15, -0.1) is 0 Å². The summed E-state index contributed by atoms with van der Waals surface area (Å²) in [6, 6.07) is 31.4. The molecular weight excluding hydrogens is 524 g/mol. The van der Waals surface area contributed by atoms with E-state index in [1.807, 2.05) is 30.3 Å². The number of rotatable bonds is 13. The van der Waals surface area contributed by atoms with Gasteiger partial charge in [0.15, 0.2) is 6.10 Å². The van der Waals surface area contributed by atoms with Crippen molar-refractivity contribution in [3.05, 3.63) is 136 Å². The SMILES string of the molecule is CCOC(Cc1ccc(OCCOC2c3ccc(CC)cc3C=Cc3ccc(Cc4ccccc4)cc32)cc1)C(=O)O. The molecule has 0 aliphatic heterocycles. The number of aryl methyl sites for hydroxylation is 1. The van der Waals surface area contributed by atoms with Gasteiger partial charge in [-0.05, 0) is 76.4 Å². The Labute approximate surface area is 248 Å². The molecule has 0 amide bonds. The second kappa shape index (κ2) is 14.1. The first-order chi connectivity index (χ1) is 20.5. The zero-order valence-corrected chi connectivity index (χ0v) is 24.3. The maximum absolute atomic E-state index is 11.4. The first-order valence-corrected chi connectivity index (χ1v) is 14.7. The highest BCUT2D eigenvalue weighted by molar-refractivity contribution is 5.76. The Morgan fingerprint density at radius 2 is 1.50 bits per heavy atom. The van der Waals surface area contributed by atoms with E-state index < -0.39 is 12.1 Å². The summed E-state index contributed by atoms with van der Waals surface area (Å²) in [4.78, 5) is 11.4. The van der Waals surface area contributed by atoms with Crippen molar-refractivity contribution < 1.29 is 24.1 Å². The number of fused-ring (bicyclic) bond motifs is 2. The minimum atomic E-state index is -0.954. The molecule has 1 aliphatic carbocycles. The molecule has 4 aromatic carbocycles. The fourth-order valence-electron chi connectivity index (χ4n) is 5.38. The van der Waals surface area contributed by atoms with Crippen LogP contribution in [0.15, 0.2) is 91.0 Å². The van der Waals surface area contributed by atoms with Crippen molar-refractivity contribution in [2.75, 3.05) is 19.8 Å². The summed E-state index contributed by atoms with van der Waals surface area (Å²) in [5, 5.41) is 9.35. The Balaban J connectivity index is 1.29. The van der Waals surface area contributed by atoms with E-state index in [0.717, 1.165) is 35.1 Å². The van der Waals surface area contributed by atoms with Crippen LogP contribution in [0.2, 0.25) is 0 Å². The largest absolute Gasteiger partial charge is 0.491 e. The van der Waals surface area contributed by atoms with Crippen molar-refractivity contribution in [3.8, 4) is 5.75 Å². The predicted molar refractivity (Wildman–Crippen MR) is 167 cm³/mol. The number of hydrogen-bond acceptors (Lipinski definition) is 4. The molecule has 4 aromatic rings. The maximum atomic E-state index is 11.4. The van der Waals surface area contributed by atoms with Gasteiger partial charge in [0, 0.05) is 13.0 Å². The molecule has 1 aliphatic rings. The van der Waals surface area contributed by atoms with E-state index in [9.17, 15) is 9.90 Å². The van der Waals surface area contributed by atoms with E-state index in [1.54, 1.807) is 6.92 Å². The van der Waals surface area contributed by atoms with Crippen molar-refractivity contribution in [3.63, 3.8) is 0 Å². The third kappa shape index (κ3) is 7.35. The molecule has 5 rings (SSSR count). The molecule has 0 aromatic heterocycles. The van der Waals surface area contributed by atoms with Gasteiger partial charge in [0.2, 0.25) is 0 Å². The van der Waals surface area contributed by atoms with E-state index in [4.69, 9.17) is 14.2 Å². The molecule has 0 fully saturated rings. The van der Waals surface area contributed by atoms with Crippen molar-refractivity contribution >= 4 is 18.1 Å². The van der Waals surface area contributed by atoms with Crippen molar-refractivity contribution in [1.29, 1.82) is 0 Å². The Morgan fingerprint density at radius 3 is 2.24 bits per heavy atom. The molecule has 5 nitrogen and oxygen atoms in total. The van der Waals surface area contributed by atoms with Gasteiger partial charge >= 0.3 is 5.97 Å². The standard InChI is InChI=1S/C37H38O5/c1-3-26-13-19-33-31(23-26)16-15-30-14-10-29(22-27-8-6-5-7-9-27)24-34(30)36(33)42-21-20-41-32-17-11-28(12-18-32)25-35(37(38)39)40-4-2/h5-19,23-24,35-36H,3-4,20-22,25H2,1-2H3,(H,38,39). The summed E-state index contributed by atoms with van der Waals surface area (Å²) in [7, 11) is 0. The van der Waals surface area contributed by atoms with E-state index in [2.05, 4.69) is 79.7 Å². The smallest absolute Gasteiger partial charge is 0.333 e. The molecule has 2 unspecified atom stereocenters. The fourth-order valence-corrected chi connectivity index (χ4v) is 5.38. The van der Waals surface area contributed by atoms with Gasteiger partial charge in [-0.3, -0.25) is 0 Å². The van der Waals surface area contributed by atoms with Crippen LogP contribution in [-0.2, 0) is 33.5 Å². The summed E-state index contributed by atoms with van der Waals surface area (Å²) in [6.45, 7) is 5.13. The van der Waals surface area contributed by atoms with E-state index >= 15 is 0 Å². The Kier molecular flexibility index (Phi) is 9.86. The number of hydrogen-bond donors (Lipinski definition) is 1. The van der Waals surface area contributed by atoms with Crippen LogP contribution in [0.5, 0.6) is 5.75 Å². The van der Waals surface area contributed by atoms with Crippen LogP contribution in [0.4, 0.5) is 0 Å². The quantitative estimate of drug-likeness (QED) is 0.171. The van der Waals surface area contributed by atoms with Gasteiger partial charge in [-0.1, -0.05) is 97.9 Å². The van der Waals surface area contributed by atoms with Crippen LogP contribution in [0, 0.1) is 0 Å². The number of benzene rings is 4. The van der Waals surface area contributed by atoms with Crippen LogP contribution in [0.25, 0.3) is 12.2 Å². The third-order valence-electron chi connectivity index (χ3n) is 7.59. The highest BCUT2D eigenvalue weighted by atomic mass is 16.5. The van der Waals surface area contributed by atoms with Crippen molar-refractivity contribution in [1.82, 2.24) is 0 Å². The number of carbonyl (C=O) groups is 1. The first-order valence-electron chi connectivity index (χ1n) is 14.7. The molecule has 42 heavy (non-hydrogen) atoms. The Hall–Kier alpha value is -4.19.